The highest BCUT2D eigenvalue weighted by molar-refractivity contribution is 7.18. The van der Waals surface area contributed by atoms with Crippen molar-refractivity contribution in [3.8, 4) is 0 Å². The number of carboxylic acids is 1. The van der Waals surface area contributed by atoms with E-state index in [1.807, 2.05) is 0 Å². The summed E-state index contributed by atoms with van der Waals surface area (Å²) in [6.45, 7) is 0. The summed E-state index contributed by atoms with van der Waals surface area (Å²) >= 11 is 0.839. The van der Waals surface area contributed by atoms with E-state index in [4.69, 9.17) is 5.11 Å². The molecule has 0 spiro atoms. The van der Waals surface area contributed by atoms with Gasteiger partial charge >= 0.3 is 12.1 Å². The molecule has 9 heteroatoms. The largest absolute Gasteiger partial charge is 0.477 e. The van der Waals surface area contributed by atoms with Gasteiger partial charge in [-0.1, -0.05) is 0 Å². The van der Waals surface area contributed by atoms with E-state index >= 15 is 0 Å². The molecular weight excluding hydrogens is 309 g/mol. The fraction of sp³-hybridized carbons (Fsp3) is 0.0833. The van der Waals surface area contributed by atoms with Crippen molar-refractivity contribution in [2.75, 3.05) is 5.32 Å². The van der Waals surface area contributed by atoms with Crippen molar-refractivity contribution in [1.82, 2.24) is 4.98 Å². The number of pyridine rings is 1. The summed E-state index contributed by atoms with van der Waals surface area (Å²) in [4.78, 5) is 25.7. The van der Waals surface area contributed by atoms with Gasteiger partial charge in [-0.2, -0.15) is 13.2 Å². The smallest absolute Gasteiger partial charge is 0.433 e. The molecule has 2 N–H and O–H groups in total. The first-order valence-corrected chi connectivity index (χ1v) is 6.27. The molecule has 2 rings (SSSR count). The van der Waals surface area contributed by atoms with Crippen LogP contribution >= 0.6 is 11.3 Å². The van der Waals surface area contributed by atoms with E-state index in [0.29, 0.717) is 6.07 Å². The maximum Gasteiger partial charge on any atom is 0.433 e. The van der Waals surface area contributed by atoms with E-state index in [1.165, 1.54) is 12.1 Å². The number of nitrogens with one attached hydrogen (secondary N) is 1. The quantitative estimate of drug-likeness (QED) is 0.912. The van der Waals surface area contributed by atoms with Crippen molar-refractivity contribution >= 4 is 28.2 Å². The molecular formula is C12H7F3N2O3S. The van der Waals surface area contributed by atoms with Gasteiger partial charge in [0.05, 0.1) is 10.6 Å². The molecule has 0 aliphatic rings. The van der Waals surface area contributed by atoms with Gasteiger partial charge in [0.15, 0.2) is 0 Å². The number of rotatable bonds is 3. The van der Waals surface area contributed by atoms with Crippen LogP contribution in [0.4, 0.5) is 18.2 Å². The zero-order valence-electron chi connectivity index (χ0n) is 10.1. The maximum absolute atomic E-state index is 12.3. The highest BCUT2D eigenvalue weighted by Crippen LogP contribution is 2.27. The molecule has 0 radical (unpaired) electrons. The Morgan fingerprint density at radius 1 is 1.19 bits per heavy atom. The lowest BCUT2D eigenvalue weighted by Gasteiger charge is -2.06. The Hall–Kier alpha value is -2.42. The lowest BCUT2D eigenvalue weighted by Crippen LogP contribution is -2.13. The number of alkyl halides is 3. The van der Waals surface area contributed by atoms with Gasteiger partial charge in [0.2, 0.25) is 0 Å². The lowest BCUT2D eigenvalue weighted by atomic mass is 10.2. The summed E-state index contributed by atoms with van der Waals surface area (Å²) in [6.07, 6.45) is -3.76. The Kier molecular flexibility index (Phi) is 3.94. The van der Waals surface area contributed by atoms with E-state index in [2.05, 4.69) is 10.3 Å². The standard InChI is InChI=1S/C12H7F3N2O3S/c13-12(14,15)8-3-1-6(5-16-8)10(18)17-9-4-2-7(21-9)11(19)20/h1-5H,(H,17,18)(H,19,20). The number of amides is 1. The summed E-state index contributed by atoms with van der Waals surface area (Å²) in [7, 11) is 0. The SMILES string of the molecule is O=C(Nc1ccc(C(=O)O)s1)c1ccc(C(F)(F)F)nc1. The third-order valence-electron chi connectivity index (χ3n) is 2.37. The van der Waals surface area contributed by atoms with E-state index in [9.17, 15) is 22.8 Å². The van der Waals surface area contributed by atoms with Crippen LogP contribution in [0.1, 0.15) is 25.7 Å². The molecule has 0 atom stereocenters. The summed E-state index contributed by atoms with van der Waals surface area (Å²) in [5.41, 5.74) is -1.16. The number of thiophene rings is 1. The molecule has 0 bridgehead atoms. The number of halogens is 3. The van der Waals surface area contributed by atoms with Gasteiger partial charge in [-0.25, -0.2) is 4.79 Å². The molecule has 5 nitrogen and oxygen atoms in total. The average molecular weight is 316 g/mol. The number of aromatic carboxylic acids is 1. The van der Waals surface area contributed by atoms with Crippen molar-refractivity contribution in [2.24, 2.45) is 0 Å². The van der Waals surface area contributed by atoms with Crippen molar-refractivity contribution in [2.45, 2.75) is 6.18 Å². The van der Waals surface area contributed by atoms with Crippen LogP contribution in [0, 0.1) is 0 Å². The second-order valence-corrected chi connectivity index (χ2v) is 4.94. The Labute approximate surface area is 120 Å². The fourth-order valence-corrected chi connectivity index (χ4v) is 2.14. The number of anilines is 1. The second-order valence-electron chi connectivity index (χ2n) is 3.85. The molecule has 0 unspecified atom stereocenters. The van der Waals surface area contributed by atoms with E-state index in [0.717, 1.165) is 23.6 Å². The van der Waals surface area contributed by atoms with Crippen LogP contribution in [-0.2, 0) is 6.18 Å². The molecule has 2 aromatic rings. The average Bonchev–Trinajstić information content (AvgIpc) is 2.86. The summed E-state index contributed by atoms with van der Waals surface area (Å²) in [6, 6.07) is 4.40. The number of nitrogens with zero attached hydrogens (tertiary/aromatic N) is 1. The van der Waals surface area contributed by atoms with Crippen molar-refractivity contribution in [1.29, 1.82) is 0 Å². The topological polar surface area (TPSA) is 79.3 Å². The molecule has 0 aliphatic heterocycles. The summed E-state index contributed by atoms with van der Waals surface area (Å²) < 4.78 is 37.0. The third kappa shape index (κ3) is 3.57. The summed E-state index contributed by atoms with van der Waals surface area (Å²) in [5.74, 6) is -1.80. The molecule has 110 valence electrons. The molecule has 21 heavy (non-hydrogen) atoms. The predicted molar refractivity (Wildman–Crippen MR) is 68.5 cm³/mol. The molecule has 2 aromatic heterocycles. The fourth-order valence-electron chi connectivity index (χ4n) is 1.40. The van der Waals surface area contributed by atoms with Crippen molar-refractivity contribution in [3.05, 3.63) is 46.6 Å². The van der Waals surface area contributed by atoms with E-state index < -0.39 is 23.7 Å². The first-order chi connectivity index (χ1) is 9.77. The number of carbonyl (C=O) groups excluding carboxylic acids is 1. The Bertz CT molecular complexity index is 680. The van der Waals surface area contributed by atoms with Crippen LogP contribution in [0.5, 0.6) is 0 Å². The molecule has 0 aliphatic carbocycles. The van der Waals surface area contributed by atoms with Crippen LogP contribution in [0.25, 0.3) is 0 Å². The van der Waals surface area contributed by atoms with Gasteiger partial charge in [-0.15, -0.1) is 11.3 Å². The minimum absolute atomic E-state index is 0.0378. The monoisotopic (exact) mass is 316 g/mol. The minimum Gasteiger partial charge on any atom is -0.477 e. The van der Waals surface area contributed by atoms with Crippen molar-refractivity contribution in [3.63, 3.8) is 0 Å². The van der Waals surface area contributed by atoms with Gasteiger partial charge in [-0.05, 0) is 24.3 Å². The molecule has 0 aromatic carbocycles. The molecule has 2 heterocycles. The zero-order chi connectivity index (χ0) is 15.6. The first-order valence-electron chi connectivity index (χ1n) is 5.45. The van der Waals surface area contributed by atoms with E-state index in [-0.39, 0.29) is 15.4 Å². The summed E-state index contributed by atoms with van der Waals surface area (Å²) in [5, 5.41) is 11.4. The number of hydrogen-bond acceptors (Lipinski definition) is 4. The number of carbonyl (C=O) groups is 2. The van der Waals surface area contributed by atoms with Crippen molar-refractivity contribution < 1.29 is 27.9 Å². The first kappa shape index (κ1) is 15.0. The van der Waals surface area contributed by atoms with Crippen LogP contribution in [0.15, 0.2) is 30.5 Å². The molecule has 0 saturated heterocycles. The van der Waals surface area contributed by atoms with Crippen LogP contribution < -0.4 is 5.32 Å². The molecule has 0 fully saturated rings. The Morgan fingerprint density at radius 2 is 1.90 bits per heavy atom. The molecule has 1 amide bonds. The van der Waals surface area contributed by atoms with Gasteiger partial charge < -0.3 is 10.4 Å². The number of hydrogen-bond donors (Lipinski definition) is 2. The minimum atomic E-state index is -4.57. The Balaban J connectivity index is 2.11. The highest BCUT2D eigenvalue weighted by atomic mass is 32.1. The second kappa shape index (κ2) is 5.52. The van der Waals surface area contributed by atoms with Gasteiger partial charge in [0, 0.05) is 6.20 Å². The number of carboxylic acid groups (broad SMARTS) is 1. The normalized spacial score (nSPS) is 11.2. The molecule has 0 saturated carbocycles. The van der Waals surface area contributed by atoms with E-state index in [1.54, 1.807) is 0 Å². The predicted octanol–water partition coefficient (Wildman–Crippen LogP) is 3.11. The third-order valence-corrected chi connectivity index (χ3v) is 3.36. The highest BCUT2D eigenvalue weighted by Gasteiger charge is 2.32. The van der Waals surface area contributed by atoms with Gasteiger partial charge in [-0.3, -0.25) is 9.78 Å². The zero-order valence-corrected chi connectivity index (χ0v) is 11.0. The number of aromatic nitrogens is 1. The van der Waals surface area contributed by atoms with Crippen LogP contribution in [0.3, 0.4) is 0 Å². The Morgan fingerprint density at radius 3 is 2.38 bits per heavy atom. The van der Waals surface area contributed by atoms with Crippen LogP contribution in [0.2, 0.25) is 0 Å². The van der Waals surface area contributed by atoms with Gasteiger partial charge in [0.25, 0.3) is 5.91 Å². The maximum atomic E-state index is 12.3. The lowest BCUT2D eigenvalue weighted by molar-refractivity contribution is -0.141. The van der Waals surface area contributed by atoms with Gasteiger partial charge in [0.1, 0.15) is 10.6 Å². The van der Waals surface area contributed by atoms with Crippen LogP contribution in [-0.4, -0.2) is 22.0 Å².